The van der Waals surface area contributed by atoms with Crippen molar-refractivity contribution < 1.29 is 17.9 Å². The average molecular weight is 313 g/mol. The van der Waals surface area contributed by atoms with Gasteiger partial charge in [-0.05, 0) is 31.4 Å². The molecule has 0 unspecified atom stereocenters. The molecule has 1 aromatic carbocycles. The summed E-state index contributed by atoms with van der Waals surface area (Å²) >= 11 is 0. The van der Waals surface area contributed by atoms with Gasteiger partial charge in [0.2, 0.25) is 10.0 Å². The molecule has 0 aliphatic carbocycles. The molecule has 0 saturated heterocycles. The van der Waals surface area contributed by atoms with Crippen LogP contribution in [-0.4, -0.2) is 20.6 Å². The highest BCUT2D eigenvalue weighted by molar-refractivity contribution is 7.88. The average Bonchev–Trinajstić information content (AvgIpc) is 2.42. The van der Waals surface area contributed by atoms with Crippen LogP contribution < -0.4 is 4.72 Å². The molecule has 0 aliphatic heterocycles. The molecule has 0 fully saturated rings. The monoisotopic (exact) mass is 313 g/mol. The maximum Gasteiger partial charge on any atom is 0.311 e. The first-order valence-electron chi connectivity index (χ1n) is 6.84. The van der Waals surface area contributed by atoms with E-state index in [0.29, 0.717) is 0 Å². The highest BCUT2D eigenvalue weighted by Crippen LogP contribution is 2.22. The van der Waals surface area contributed by atoms with Crippen molar-refractivity contribution in [2.24, 2.45) is 5.41 Å². The van der Waals surface area contributed by atoms with Gasteiger partial charge in [0.25, 0.3) is 0 Å². The van der Waals surface area contributed by atoms with E-state index in [9.17, 15) is 13.2 Å². The van der Waals surface area contributed by atoms with Crippen LogP contribution in [0.4, 0.5) is 0 Å². The molecule has 0 aromatic heterocycles. The molecular formula is C15H23NO4S. The SMILES string of the molecule is CCC(C)(C)C(=O)OCc1ccc(CNS(C)(=O)=O)cc1. The lowest BCUT2D eigenvalue weighted by Crippen LogP contribution is -2.25. The molecule has 118 valence electrons. The first-order valence-corrected chi connectivity index (χ1v) is 8.73. The highest BCUT2D eigenvalue weighted by Gasteiger charge is 2.26. The number of carbonyl (C=O) groups excluding carboxylic acids is 1. The van der Waals surface area contributed by atoms with Crippen LogP contribution in [0.2, 0.25) is 0 Å². The Morgan fingerprint density at radius 2 is 1.71 bits per heavy atom. The van der Waals surface area contributed by atoms with Crippen LogP contribution in [0.1, 0.15) is 38.3 Å². The van der Waals surface area contributed by atoms with Crippen LogP contribution in [0.15, 0.2) is 24.3 Å². The molecule has 0 amide bonds. The van der Waals surface area contributed by atoms with Crippen molar-refractivity contribution in [2.45, 2.75) is 40.3 Å². The van der Waals surface area contributed by atoms with Gasteiger partial charge >= 0.3 is 5.97 Å². The molecule has 0 spiro atoms. The van der Waals surface area contributed by atoms with E-state index in [-0.39, 0.29) is 19.1 Å². The maximum absolute atomic E-state index is 11.9. The predicted octanol–water partition coefficient (Wildman–Crippen LogP) is 2.22. The van der Waals surface area contributed by atoms with E-state index >= 15 is 0 Å². The third kappa shape index (κ3) is 6.27. The van der Waals surface area contributed by atoms with Crippen molar-refractivity contribution >= 4 is 16.0 Å². The first-order chi connectivity index (χ1) is 9.64. The van der Waals surface area contributed by atoms with Crippen LogP contribution >= 0.6 is 0 Å². The van der Waals surface area contributed by atoms with E-state index in [1.165, 1.54) is 0 Å². The van der Waals surface area contributed by atoms with Crippen molar-refractivity contribution in [3.05, 3.63) is 35.4 Å². The zero-order valence-electron chi connectivity index (χ0n) is 13.0. The van der Waals surface area contributed by atoms with Crippen LogP contribution in [0.25, 0.3) is 0 Å². The van der Waals surface area contributed by atoms with Crippen molar-refractivity contribution in [2.75, 3.05) is 6.26 Å². The van der Waals surface area contributed by atoms with Gasteiger partial charge in [0.1, 0.15) is 6.61 Å². The summed E-state index contributed by atoms with van der Waals surface area (Å²) in [6.07, 6.45) is 1.85. The molecule has 0 radical (unpaired) electrons. The van der Waals surface area contributed by atoms with E-state index in [0.717, 1.165) is 23.8 Å². The summed E-state index contributed by atoms with van der Waals surface area (Å²) in [5.41, 5.74) is 1.25. The summed E-state index contributed by atoms with van der Waals surface area (Å²) in [5.74, 6) is -0.215. The third-order valence-corrected chi connectivity index (χ3v) is 4.04. The Hall–Kier alpha value is -1.40. The number of rotatable bonds is 7. The lowest BCUT2D eigenvalue weighted by molar-refractivity contribution is -0.155. The standard InChI is InChI=1S/C15H23NO4S/c1-5-15(2,3)14(17)20-11-13-8-6-12(7-9-13)10-16-21(4,18)19/h6-9,16H,5,10-11H2,1-4H3. The van der Waals surface area contributed by atoms with Crippen molar-refractivity contribution in [3.63, 3.8) is 0 Å². The van der Waals surface area contributed by atoms with E-state index < -0.39 is 15.4 Å². The molecule has 0 saturated carbocycles. The number of esters is 1. The molecule has 0 heterocycles. The molecule has 1 aromatic rings. The van der Waals surface area contributed by atoms with Gasteiger partial charge in [-0.3, -0.25) is 4.79 Å². The molecule has 5 nitrogen and oxygen atoms in total. The molecule has 21 heavy (non-hydrogen) atoms. The van der Waals surface area contributed by atoms with Gasteiger partial charge in [-0.15, -0.1) is 0 Å². The predicted molar refractivity (Wildman–Crippen MR) is 82.0 cm³/mol. The summed E-state index contributed by atoms with van der Waals surface area (Å²) in [6.45, 7) is 6.14. The second-order valence-electron chi connectivity index (χ2n) is 5.72. The third-order valence-electron chi connectivity index (χ3n) is 3.37. The Morgan fingerprint density at radius 1 is 1.19 bits per heavy atom. The Kier molecular flexibility index (Phi) is 5.92. The molecule has 0 bridgehead atoms. The Morgan fingerprint density at radius 3 is 2.19 bits per heavy atom. The minimum absolute atomic E-state index is 0.215. The molecule has 0 aliphatic rings. The second-order valence-corrected chi connectivity index (χ2v) is 7.56. The van der Waals surface area contributed by atoms with Crippen LogP contribution in [0, 0.1) is 5.41 Å². The van der Waals surface area contributed by atoms with Gasteiger partial charge in [0.05, 0.1) is 11.7 Å². The molecule has 1 N–H and O–H groups in total. The summed E-state index contributed by atoms with van der Waals surface area (Å²) in [6, 6.07) is 7.27. The van der Waals surface area contributed by atoms with Crippen LogP contribution in [0.3, 0.4) is 0 Å². The lowest BCUT2D eigenvalue weighted by Gasteiger charge is -2.20. The topological polar surface area (TPSA) is 72.5 Å². The number of hydrogen-bond donors (Lipinski definition) is 1. The fourth-order valence-corrected chi connectivity index (χ4v) is 1.89. The summed E-state index contributed by atoms with van der Waals surface area (Å²) in [4.78, 5) is 11.9. The Bertz CT molecular complexity index is 576. The van der Waals surface area contributed by atoms with Crippen molar-refractivity contribution in [1.29, 1.82) is 0 Å². The van der Waals surface area contributed by atoms with Crippen LogP contribution in [-0.2, 0) is 32.7 Å². The quantitative estimate of drug-likeness (QED) is 0.783. The van der Waals surface area contributed by atoms with Crippen molar-refractivity contribution in [1.82, 2.24) is 4.72 Å². The number of hydrogen-bond acceptors (Lipinski definition) is 4. The van der Waals surface area contributed by atoms with Crippen molar-refractivity contribution in [3.8, 4) is 0 Å². The van der Waals surface area contributed by atoms with E-state index in [1.54, 1.807) is 0 Å². The second kappa shape index (κ2) is 7.04. The lowest BCUT2D eigenvalue weighted by atomic mass is 9.91. The highest BCUT2D eigenvalue weighted by atomic mass is 32.2. The summed E-state index contributed by atoms with van der Waals surface area (Å²) in [5, 5.41) is 0. The minimum Gasteiger partial charge on any atom is -0.460 e. The van der Waals surface area contributed by atoms with Gasteiger partial charge < -0.3 is 4.74 Å². The number of ether oxygens (including phenoxy) is 1. The van der Waals surface area contributed by atoms with E-state index in [2.05, 4.69) is 4.72 Å². The number of sulfonamides is 1. The number of carbonyl (C=O) groups is 1. The van der Waals surface area contributed by atoms with Gasteiger partial charge in [0, 0.05) is 6.54 Å². The largest absolute Gasteiger partial charge is 0.460 e. The Balaban J connectivity index is 2.54. The van der Waals surface area contributed by atoms with Gasteiger partial charge in [0.15, 0.2) is 0 Å². The van der Waals surface area contributed by atoms with E-state index in [4.69, 9.17) is 4.74 Å². The van der Waals surface area contributed by atoms with Gasteiger partial charge in [-0.2, -0.15) is 0 Å². The zero-order valence-corrected chi connectivity index (χ0v) is 13.8. The normalized spacial score (nSPS) is 12.2. The maximum atomic E-state index is 11.9. The molecule has 1 rings (SSSR count). The van der Waals surface area contributed by atoms with Gasteiger partial charge in [-0.25, -0.2) is 13.1 Å². The minimum atomic E-state index is -3.19. The number of nitrogens with one attached hydrogen (secondary N) is 1. The summed E-state index contributed by atoms with van der Waals surface area (Å²) < 4.78 is 29.7. The summed E-state index contributed by atoms with van der Waals surface area (Å²) in [7, 11) is -3.19. The van der Waals surface area contributed by atoms with Crippen LogP contribution in [0.5, 0.6) is 0 Å². The van der Waals surface area contributed by atoms with Gasteiger partial charge in [-0.1, -0.05) is 31.2 Å². The number of benzene rings is 1. The Labute approximate surface area is 126 Å². The molecule has 0 atom stereocenters. The fourth-order valence-electron chi connectivity index (χ4n) is 1.46. The fraction of sp³-hybridized carbons (Fsp3) is 0.533. The molecular weight excluding hydrogens is 290 g/mol. The molecule has 6 heteroatoms. The zero-order chi connectivity index (χ0) is 16.1. The van der Waals surface area contributed by atoms with E-state index in [1.807, 2.05) is 45.0 Å². The smallest absolute Gasteiger partial charge is 0.311 e. The first kappa shape index (κ1) is 17.7.